The smallest absolute Gasteiger partial charge is 0.548 e. The van der Waals surface area contributed by atoms with Gasteiger partial charge in [0.05, 0.1) is 16.9 Å². The van der Waals surface area contributed by atoms with Crippen LogP contribution in [-0.2, 0) is 26.0 Å². The standard InChI is InChI=1S/C27H36N4O5S.K/c1-19(2)18-31(37(35,36)22-13-11-21(28)12-14-22)25(27(33)34)9-5-6-16-29-26(32)15-10-20-17-30-24-8-4-3-7-23(20)24;/h3-4,7-8,11-14,17,19,25,30H,5-6,9-10,15-16,18,28H2,1-2H3,(H,29,32)(H,33,34);/q;+1/p-1/t25-;/m0./s1. The number of hydrogen-bond donors (Lipinski definition) is 3. The van der Waals surface area contributed by atoms with Gasteiger partial charge in [-0.25, -0.2) is 8.42 Å². The number of carbonyl (C=O) groups excluding carboxylic acids is 2. The van der Waals surface area contributed by atoms with Gasteiger partial charge in [0.1, 0.15) is 0 Å². The number of aromatic amines is 1. The molecule has 2 aromatic carbocycles. The molecule has 1 atom stereocenters. The zero-order valence-corrected chi connectivity index (χ0v) is 26.2. The molecule has 0 aliphatic carbocycles. The summed E-state index contributed by atoms with van der Waals surface area (Å²) in [5.74, 6) is -1.63. The number of benzene rings is 2. The van der Waals surface area contributed by atoms with Crippen molar-refractivity contribution in [2.75, 3.05) is 18.8 Å². The maximum Gasteiger partial charge on any atom is 1.00 e. The largest absolute Gasteiger partial charge is 1.00 e. The molecule has 1 amide bonds. The van der Waals surface area contributed by atoms with Crippen LogP contribution in [0.2, 0.25) is 0 Å². The molecule has 0 saturated carbocycles. The van der Waals surface area contributed by atoms with Crippen LogP contribution in [0.15, 0.2) is 59.6 Å². The van der Waals surface area contributed by atoms with E-state index in [2.05, 4.69) is 10.3 Å². The molecule has 1 heterocycles. The number of rotatable bonds is 14. The second-order valence-electron chi connectivity index (χ2n) is 9.58. The van der Waals surface area contributed by atoms with Crippen molar-refractivity contribution in [2.45, 2.75) is 56.9 Å². The average Bonchev–Trinajstić information content (AvgIpc) is 3.27. The second-order valence-corrected chi connectivity index (χ2v) is 11.5. The Morgan fingerprint density at radius 1 is 1.08 bits per heavy atom. The normalized spacial score (nSPS) is 12.4. The first-order valence-electron chi connectivity index (χ1n) is 12.5. The van der Waals surface area contributed by atoms with Crippen LogP contribution in [0, 0.1) is 5.92 Å². The van der Waals surface area contributed by atoms with Crippen LogP contribution in [0.5, 0.6) is 0 Å². The van der Waals surface area contributed by atoms with E-state index in [1.165, 1.54) is 24.3 Å². The number of nitrogens with zero attached hydrogens (tertiary/aromatic N) is 1. The number of anilines is 1. The van der Waals surface area contributed by atoms with Gasteiger partial charge in [-0.05, 0) is 67.5 Å². The first-order chi connectivity index (χ1) is 17.6. The first-order valence-corrected chi connectivity index (χ1v) is 13.9. The number of carboxylic acids is 1. The summed E-state index contributed by atoms with van der Waals surface area (Å²) >= 11 is 0. The van der Waals surface area contributed by atoms with Gasteiger partial charge in [-0.2, -0.15) is 4.31 Å². The quantitative estimate of drug-likeness (QED) is 0.135. The number of para-hydroxylation sites is 1. The van der Waals surface area contributed by atoms with E-state index < -0.39 is 22.0 Å². The molecule has 9 nitrogen and oxygen atoms in total. The molecule has 200 valence electrons. The summed E-state index contributed by atoms with van der Waals surface area (Å²) < 4.78 is 27.6. The number of nitrogens with one attached hydrogen (secondary N) is 2. The Bertz CT molecular complexity index is 1310. The molecule has 0 aliphatic heterocycles. The summed E-state index contributed by atoms with van der Waals surface area (Å²) in [5.41, 5.74) is 8.19. The molecule has 0 aliphatic rings. The molecule has 0 saturated heterocycles. The molecule has 0 radical (unpaired) electrons. The summed E-state index contributed by atoms with van der Waals surface area (Å²) in [6.45, 7) is 4.06. The fraction of sp³-hybridized carbons (Fsp3) is 0.407. The number of sulfonamides is 1. The summed E-state index contributed by atoms with van der Waals surface area (Å²) in [5, 5.41) is 16.0. The molecule has 0 fully saturated rings. The fourth-order valence-electron chi connectivity index (χ4n) is 4.27. The van der Waals surface area contributed by atoms with E-state index in [1.807, 2.05) is 44.3 Å². The number of aryl methyl sites for hydroxylation is 1. The van der Waals surface area contributed by atoms with E-state index in [1.54, 1.807) is 0 Å². The van der Waals surface area contributed by atoms with Crippen molar-refractivity contribution < 1.29 is 74.5 Å². The molecule has 0 spiro atoms. The number of aliphatic carboxylic acids is 1. The molecule has 3 rings (SSSR count). The fourth-order valence-corrected chi connectivity index (χ4v) is 6.04. The Balaban J connectivity index is 0.00000507. The van der Waals surface area contributed by atoms with Crippen molar-refractivity contribution in [1.82, 2.24) is 14.6 Å². The van der Waals surface area contributed by atoms with Crippen LogP contribution in [0.1, 0.15) is 45.1 Å². The van der Waals surface area contributed by atoms with Crippen molar-refractivity contribution in [2.24, 2.45) is 5.92 Å². The van der Waals surface area contributed by atoms with Crippen molar-refractivity contribution in [3.63, 3.8) is 0 Å². The van der Waals surface area contributed by atoms with E-state index in [0.29, 0.717) is 37.9 Å². The Kier molecular flexibility index (Phi) is 13.0. The summed E-state index contributed by atoms with van der Waals surface area (Å²) in [7, 11) is -4.07. The number of nitrogens with two attached hydrogens (primary N) is 1. The molecule has 3 aromatic rings. The van der Waals surface area contributed by atoms with Gasteiger partial charge in [0, 0.05) is 42.3 Å². The third kappa shape index (κ3) is 8.90. The van der Waals surface area contributed by atoms with E-state index in [-0.39, 0.29) is 81.1 Å². The van der Waals surface area contributed by atoms with E-state index in [4.69, 9.17) is 5.73 Å². The van der Waals surface area contributed by atoms with Crippen LogP contribution in [0.3, 0.4) is 0 Å². The molecule has 38 heavy (non-hydrogen) atoms. The predicted octanol–water partition coefficient (Wildman–Crippen LogP) is -0.561. The van der Waals surface area contributed by atoms with Gasteiger partial charge in [0.2, 0.25) is 15.9 Å². The van der Waals surface area contributed by atoms with Crippen molar-refractivity contribution >= 4 is 38.5 Å². The van der Waals surface area contributed by atoms with E-state index in [0.717, 1.165) is 20.8 Å². The SMILES string of the molecule is CC(C)CN([C@@H](CCCCNC(=O)CCc1c[nH]c2ccccc12)C(=O)[O-])S(=O)(=O)c1ccc(N)cc1.[K+]. The summed E-state index contributed by atoms with van der Waals surface area (Å²) in [6.07, 6.45) is 3.86. The number of H-pyrrole nitrogens is 1. The van der Waals surface area contributed by atoms with Gasteiger partial charge in [-0.15, -0.1) is 0 Å². The van der Waals surface area contributed by atoms with Crippen molar-refractivity contribution in [1.29, 1.82) is 0 Å². The number of unbranched alkanes of at least 4 members (excludes halogenated alkanes) is 1. The van der Waals surface area contributed by atoms with Crippen LogP contribution in [-0.4, -0.2) is 48.7 Å². The minimum absolute atomic E-state index is 0. The minimum atomic E-state index is -4.07. The van der Waals surface area contributed by atoms with Crippen LogP contribution < -0.4 is 67.5 Å². The number of carboxylic acid groups (broad SMARTS) is 1. The van der Waals surface area contributed by atoms with E-state index >= 15 is 0 Å². The van der Waals surface area contributed by atoms with E-state index in [9.17, 15) is 23.1 Å². The predicted molar refractivity (Wildman–Crippen MR) is 142 cm³/mol. The number of hydrogen-bond acceptors (Lipinski definition) is 6. The van der Waals surface area contributed by atoms with Crippen LogP contribution in [0.25, 0.3) is 10.9 Å². The number of aromatic nitrogens is 1. The van der Waals surface area contributed by atoms with Gasteiger partial charge in [-0.1, -0.05) is 32.0 Å². The molecular weight excluding hydrogens is 531 g/mol. The molecule has 0 unspecified atom stereocenters. The third-order valence-electron chi connectivity index (χ3n) is 6.17. The number of fused-ring (bicyclic) bond motifs is 1. The Hall–Kier alpha value is -1.73. The number of carbonyl (C=O) groups is 2. The van der Waals surface area contributed by atoms with Gasteiger partial charge in [0.25, 0.3) is 0 Å². The molecule has 0 bridgehead atoms. The van der Waals surface area contributed by atoms with Gasteiger partial charge < -0.3 is 25.9 Å². The zero-order valence-electron chi connectivity index (χ0n) is 22.3. The van der Waals surface area contributed by atoms with Gasteiger partial charge >= 0.3 is 51.4 Å². The average molecular weight is 567 g/mol. The summed E-state index contributed by atoms with van der Waals surface area (Å²) in [4.78, 5) is 27.5. The molecule has 11 heteroatoms. The van der Waals surface area contributed by atoms with Gasteiger partial charge in [0.15, 0.2) is 0 Å². The third-order valence-corrected chi connectivity index (χ3v) is 8.06. The monoisotopic (exact) mass is 566 g/mol. The maximum atomic E-state index is 13.3. The van der Waals surface area contributed by atoms with Gasteiger partial charge in [-0.3, -0.25) is 4.79 Å². The molecular formula is C27H35KN4O5S. The van der Waals surface area contributed by atoms with Crippen molar-refractivity contribution in [3.8, 4) is 0 Å². The second kappa shape index (κ2) is 15.2. The zero-order chi connectivity index (χ0) is 27.0. The summed E-state index contributed by atoms with van der Waals surface area (Å²) in [6, 6.07) is 12.3. The van der Waals surface area contributed by atoms with Crippen LogP contribution >= 0.6 is 0 Å². The Morgan fingerprint density at radius 3 is 2.42 bits per heavy atom. The first kappa shape index (κ1) is 32.5. The number of nitrogen functional groups attached to an aromatic ring is 1. The maximum absolute atomic E-state index is 13.3. The number of amides is 1. The van der Waals surface area contributed by atoms with Crippen molar-refractivity contribution in [3.05, 3.63) is 60.3 Å². The Morgan fingerprint density at radius 2 is 1.76 bits per heavy atom. The topological polar surface area (TPSA) is 148 Å². The van der Waals surface area contributed by atoms with Crippen LogP contribution in [0.4, 0.5) is 5.69 Å². The molecule has 4 N–H and O–H groups in total. The minimum Gasteiger partial charge on any atom is -0.548 e. The Labute approximate surface area is 267 Å². The molecule has 1 aromatic heterocycles.